The highest BCUT2D eigenvalue weighted by atomic mass is 16.4. The maximum atomic E-state index is 10.7. The Morgan fingerprint density at radius 2 is 2.25 bits per heavy atom. The summed E-state index contributed by atoms with van der Waals surface area (Å²) in [5.74, 6) is -0.796. The Morgan fingerprint density at radius 3 is 2.62 bits per heavy atom. The molecule has 1 heterocycles. The number of rotatable bonds is 5. The zero-order valence-electron chi connectivity index (χ0n) is 10.3. The van der Waals surface area contributed by atoms with Gasteiger partial charge >= 0.3 is 5.97 Å². The van der Waals surface area contributed by atoms with E-state index in [1.165, 1.54) is 0 Å². The van der Waals surface area contributed by atoms with Crippen molar-refractivity contribution in [2.24, 2.45) is 7.05 Å². The minimum Gasteiger partial charge on any atom is -0.480 e. The number of hydrogen-bond donors (Lipinski definition) is 1. The zero-order chi connectivity index (χ0) is 12.3. The van der Waals surface area contributed by atoms with Crippen molar-refractivity contribution in [3.05, 3.63) is 17.5 Å². The molecule has 0 amide bonds. The molecular weight excluding hydrogens is 206 g/mol. The first kappa shape index (κ1) is 12.7. The van der Waals surface area contributed by atoms with E-state index in [2.05, 4.69) is 5.10 Å². The Hall–Kier alpha value is -1.36. The van der Waals surface area contributed by atoms with E-state index in [9.17, 15) is 4.79 Å². The largest absolute Gasteiger partial charge is 0.480 e. The van der Waals surface area contributed by atoms with Gasteiger partial charge in [0.1, 0.15) is 0 Å². The molecule has 0 radical (unpaired) electrons. The molecule has 5 nitrogen and oxygen atoms in total. The lowest BCUT2D eigenvalue weighted by Gasteiger charge is -2.24. The van der Waals surface area contributed by atoms with Gasteiger partial charge in [0.05, 0.1) is 12.7 Å². The minimum absolute atomic E-state index is 0.0615. The Balaban J connectivity index is 2.75. The number of aromatic nitrogens is 2. The molecule has 0 aliphatic heterocycles. The molecule has 0 saturated carbocycles. The van der Waals surface area contributed by atoms with E-state index in [-0.39, 0.29) is 12.6 Å². The lowest BCUT2D eigenvalue weighted by molar-refractivity contribution is -0.138. The third-order valence-corrected chi connectivity index (χ3v) is 2.78. The molecule has 0 bridgehead atoms. The summed E-state index contributed by atoms with van der Waals surface area (Å²) in [6, 6.07) is 0.204. The first-order chi connectivity index (χ1) is 7.41. The summed E-state index contributed by atoms with van der Waals surface area (Å²) in [6.07, 6.45) is 1.80. The fourth-order valence-electron chi connectivity index (χ4n) is 1.51. The van der Waals surface area contributed by atoms with Gasteiger partial charge in [0.2, 0.25) is 0 Å². The molecule has 1 N–H and O–H groups in total. The highest BCUT2D eigenvalue weighted by molar-refractivity contribution is 5.69. The van der Waals surface area contributed by atoms with Crippen LogP contribution in [-0.4, -0.2) is 38.3 Å². The number of aliphatic carboxylic acids is 1. The number of carboxylic acid groups (broad SMARTS) is 1. The summed E-state index contributed by atoms with van der Waals surface area (Å²) in [5.41, 5.74) is 2.16. The second-order valence-electron chi connectivity index (χ2n) is 4.27. The SMILES string of the molecule is Cc1c(CN(CC(=O)O)C(C)C)cnn1C. The molecule has 0 atom stereocenters. The molecule has 0 aliphatic rings. The van der Waals surface area contributed by atoms with Gasteiger partial charge in [0.25, 0.3) is 0 Å². The first-order valence-corrected chi connectivity index (χ1v) is 5.35. The van der Waals surface area contributed by atoms with E-state index in [0.29, 0.717) is 6.54 Å². The molecule has 0 aromatic carbocycles. The van der Waals surface area contributed by atoms with Gasteiger partial charge in [-0.15, -0.1) is 0 Å². The van der Waals surface area contributed by atoms with Gasteiger partial charge in [0, 0.05) is 30.9 Å². The zero-order valence-corrected chi connectivity index (χ0v) is 10.3. The number of nitrogens with zero attached hydrogens (tertiary/aromatic N) is 3. The molecule has 16 heavy (non-hydrogen) atoms. The minimum atomic E-state index is -0.796. The van der Waals surface area contributed by atoms with E-state index < -0.39 is 5.97 Å². The highest BCUT2D eigenvalue weighted by Gasteiger charge is 2.15. The van der Waals surface area contributed by atoms with Gasteiger partial charge in [-0.2, -0.15) is 5.10 Å². The van der Waals surface area contributed by atoms with Crippen molar-refractivity contribution in [1.29, 1.82) is 0 Å². The predicted octanol–water partition coefficient (Wildman–Crippen LogP) is 1.02. The number of carboxylic acids is 1. The van der Waals surface area contributed by atoms with Crippen molar-refractivity contribution in [1.82, 2.24) is 14.7 Å². The van der Waals surface area contributed by atoms with Gasteiger partial charge in [0.15, 0.2) is 0 Å². The molecule has 1 rings (SSSR count). The van der Waals surface area contributed by atoms with Crippen LogP contribution in [0.5, 0.6) is 0 Å². The quantitative estimate of drug-likeness (QED) is 0.813. The summed E-state index contributed by atoms with van der Waals surface area (Å²) in [7, 11) is 1.88. The van der Waals surface area contributed by atoms with Gasteiger partial charge in [-0.05, 0) is 20.8 Å². The number of hydrogen-bond acceptors (Lipinski definition) is 3. The Morgan fingerprint density at radius 1 is 1.62 bits per heavy atom. The van der Waals surface area contributed by atoms with E-state index in [1.807, 2.05) is 32.7 Å². The average Bonchev–Trinajstić information content (AvgIpc) is 2.47. The van der Waals surface area contributed by atoms with Crippen LogP contribution in [0, 0.1) is 6.92 Å². The molecule has 90 valence electrons. The van der Waals surface area contributed by atoms with E-state index in [4.69, 9.17) is 5.11 Å². The van der Waals surface area contributed by atoms with Crippen LogP contribution >= 0.6 is 0 Å². The maximum Gasteiger partial charge on any atom is 0.317 e. The molecule has 0 unspecified atom stereocenters. The third kappa shape index (κ3) is 3.06. The van der Waals surface area contributed by atoms with Gasteiger partial charge < -0.3 is 5.11 Å². The van der Waals surface area contributed by atoms with Gasteiger partial charge in [-0.3, -0.25) is 14.4 Å². The summed E-state index contributed by atoms with van der Waals surface area (Å²) in [4.78, 5) is 12.6. The number of aryl methyl sites for hydroxylation is 1. The summed E-state index contributed by atoms with van der Waals surface area (Å²) >= 11 is 0. The van der Waals surface area contributed by atoms with E-state index in [0.717, 1.165) is 11.3 Å². The van der Waals surface area contributed by atoms with Crippen LogP contribution in [0.1, 0.15) is 25.1 Å². The molecule has 5 heteroatoms. The fraction of sp³-hybridized carbons (Fsp3) is 0.636. The van der Waals surface area contributed by atoms with Crippen molar-refractivity contribution in [2.75, 3.05) is 6.54 Å². The van der Waals surface area contributed by atoms with Crippen molar-refractivity contribution in [3.8, 4) is 0 Å². The van der Waals surface area contributed by atoms with Crippen molar-refractivity contribution < 1.29 is 9.90 Å². The second kappa shape index (κ2) is 5.12. The van der Waals surface area contributed by atoms with E-state index in [1.54, 1.807) is 10.9 Å². The van der Waals surface area contributed by atoms with Crippen LogP contribution in [0.4, 0.5) is 0 Å². The fourth-order valence-corrected chi connectivity index (χ4v) is 1.51. The van der Waals surface area contributed by atoms with Crippen LogP contribution in [0.2, 0.25) is 0 Å². The molecule has 0 fully saturated rings. The standard InChI is InChI=1S/C11H19N3O2/c1-8(2)14(7-11(15)16)6-10-5-12-13(4)9(10)3/h5,8H,6-7H2,1-4H3,(H,15,16). The predicted molar refractivity (Wildman–Crippen MR) is 61.1 cm³/mol. The Kier molecular flexibility index (Phi) is 4.06. The third-order valence-electron chi connectivity index (χ3n) is 2.78. The van der Waals surface area contributed by atoms with Crippen molar-refractivity contribution >= 4 is 5.97 Å². The summed E-state index contributed by atoms with van der Waals surface area (Å²) in [5, 5.41) is 13.0. The first-order valence-electron chi connectivity index (χ1n) is 5.35. The number of carbonyl (C=O) groups is 1. The van der Waals surface area contributed by atoms with Crippen LogP contribution < -0.4 is 0 Å². The molecular formula is C11H19N3O2. The Bertz CT molecular complexity index is 371. The van der Waals surface area contributed by atoms with Crippen LogP contribution in [0.3, 0.4) is 0 Å². The van der Waals surface area contributed by atoms with Gasteiger partial charge in [-0.25, -0.2) is 0 Å². The maximum absolute atomic E-state index is 10.7. The molecule has 0 saturated heterocycles. The van der Waals surface area contributed by atoms with Crippen LogP contribution in [-0.2, 0) is 18.4 Å². The summed E-state index contributed by atoms with van der Waals surface area (Å²) in [6.45, 7) is 6.67. The molecule has 1 aromatic heterocycles. The van der Waals surface area contributed by atoms with Crippen molar-refractivity contribution in [3.63, 3.8) is 0 Å². The smallest absolute Gasteiger partial charge is 0.317 e. The molecule has 1 aromatic rings. The monoisotopic (exact) mass is 225 g/mol. The second-order valence-corrected chi connectivity index (χ2v) is 4.27. The van der Waals surface area contributed by atoms with Crippen LogP contribution in [0.15, 0.2) is 6.20 Å². The molecule has 0 aliphatic carbocycles. The van der Waals surface area contributed by atoms with Gasteiger partial charge in [-0.1, -0.05) is 0 Å². The molecule has 0 spiro atoms. The van der Waals surface area contributed by atoms with Crippen LogP contribution in [0.25, 0.3) is 0 Å². The topological polar surface area (TPSA) is 58.4 Å². The highest BCUT2D eigenvalue weighted by Crippen LogP contribution is 2.11. The summed E-state index contributed by atoms with van der Waals surface area (Å²) < 4.78 is 1.80. The lowest BCUT2D eigenvalue weighted by Crippen LogP contribution is -2.35. The Labute approximate surface area is 95.7 Å². The normalized spacial score (nSPS) is 11.4. The van der Waals surface area contributed by atoms with Crippen molar-refractivity contribution in [2.45, 2.75) is 33.4 Å². The lowest BCUT2D eigenvalue weighted by atomic mass is 10.2. The van der Waals surface area contributed by atoms with E-state index >= 15 is 0 Å². The average molecular weight is 225 g/mol.